The van der Waals surface area contributed by atoms with Crippen molar-refractivity contribution in [1.82, 2.24) is 0 Å². The fraction of sp³-hybridized carbons (Fsp3) is 1.00. The van der Waals surface area contributed by atoms with Crippen LogP contribution in [0, 0.1) is 0 Å². The van der Waals surface area contributed by atoms with Crippen molar-refractivity contribution in [1.29, 1.82) is 0 Å². The Labute approximate surface area is 79.0 Å². The third-order valence-corrected chi connectivity index (χ3v) is 2.09. The average Bonchev–Trinajstić information content (AvgIpc) is 2.12. The number of rotatable bonds is 1. The number of ether oxygens (including phenoxy) is 1. The van der Waals surface area contributed by atoms with Gasteiger partial charge in [0.2, 0.25) is 0 Å². The third-order valence-electron chi connectivity index (χ3n) is 2.09. The van der Waals surface area contributed by atoms with Gasteiger partial charge < -0.3 is 25.2 Å². The van der Waals surface area contributed by atoms with E-state index in [4.69, 9.17) is 5.53 Å². The number of hydrogen-bond donors (Lipinski definition) is 4. The quantitative estimate of drug-likeness (QED) is 0.233. The minimum atomic E-state index is -2.53. The molecule has 4 N–H and O–H groups in total. The van der Waals surface area contributed by atoms with Gasteiger partial charge in [-0.2, -0.15) is 0 Å². The van der Waals surface area contributed by atoms with Crippen molar-refractivity contribution in [3.63, 3.8) is 0 Å². The molecule has 0 spiro atoms. The fourth-order valence-corrected chi connectivity index (χ4v) is 1.25. The van der Waals surface area contributed by atoms with Crippen LogP contribution in [0.3, 0.4) is 0 Å². The second-order valence-corrected chi connectivity index (χ2v) is 3.10. The molecule has 1 aliphatic rings. The van der Waals surface area contributed by atoms with Crippen LogP contribution in [0.4, 0.5) is 0 Å². The summed E-state index contributed by atoms with van der Waals surface area (Å²) in [6.45, 7) is 1.36. The largest absolute Gasteiger partial charge is 0.388 e. The van der Waals surface area contributed by atoms with Crippen LogP contribution in [0.5, 0.6) is 0 Å². The van der Waals surface area contributed by atoms with Crippen LogP contribution in [-0.2, 0) is 4.74 Å². The Balaban J connectivity index is 2.95. The lowest BCUT2D eigenvalue weighted by atomic mass is 9.98. The number of nitrogens with zero attached hydrogens (tertiary/aromatic N) is 3. The molecule has 0 aromatic carbocycles. The molecule has 1 heterocycles. The molecule has 0 saturated carbocycles. The SMILES string of the molecule is C[C@@H]1O[C@@](O)(N=[N+]=[N-])[C@@H](O)[C@H](O)[C@@H]1O. The minimum Gasteiger partial charge on any atom is -0.388 e. The van der Waals surface area contributed by atoms with Crippen molar-refractivity contribution in [2.45, 2.75) is 37.3 Å². The Bertz CT molecular complexity index is 268. The molecule has 14 heavy (non-hydrogen) atoms. The van der Waals surface area contributed by atoms with Crippen LogP contribution in [0.25, 0.3) is 10.4 Å². The summed E-state index contributed by atoms with van der Waals surface area (Å²) < 4.78 is 4.68. The summed E-state index contributed by atoms with van der Waals surface area (Å²) in [4.78, 5) is 2.27. The first-order valence-corrected chi connectivity index (χ1v) is 3.93. The smallest absolute Gasteiger partial charge is 0.276 e. The molecule has 80 valence electrons. The summed E-state index contributed by atoms with van der Waals surface area (Å²) in [5.74, 6) is -2.53. The van der Waals surface area contributed by atoms with Crippen molar-refractivity contribution in [2.75, 3.05) is 0 Å². The van der Waals surface area contributed by atoms with Crippen LogP contribution >= 0.6 is 0 Å². The second-order valence-electron chi connectivity index (χ2n) is 3.10. The molecule has 0 aromatic rings. The predicted octanol–water partition coefficient (Wildman–Crippen LogP) is -1.56. The zero-order chi connectivity index (χ0) is 10.9. The normalized spacial score (nSPS) is 48.4. The zero-order valence-electron chi connectivity index (χ0n) is 7.35. The summed E-state index contributed by atoms with van der Waals surface area (Å²) in [5.41, 5.74) is 8.10. The molecule has 1 rings (SSSR count). The highest BCUT2D eigenvalue weighted by Crippen LogP contribution is 2.28. The van der Waals surface area contributed by atoms with Gasteiger partial charge in [-0.1, -0.05) is 0 Å². The van der Waals surface area contributed by atoms with E-state index >= 15 is 0 Å². The molecule has 1 saturated heterocycles. The van der Waals surface area contributed by atoms with E-state index in [1.807, 2.05) is 0 Å². The van der Waals surface area contributed by atoms with Crippen molar-refractivity contribution >= 4 is 0 Å². The lowest BCUT2D eigenvalue weighted by molar-refractivity contribution is -0.339. The number of azide groups is 1. The Morgan fingerprint density at radius 3 is 2.43 bits per heavy atom. The van der Waals surface area contributed by atoms with Gasteiger partial charge in [-0.05, 0) is 17.6 Å². The van der Waals surface area contributed by atoms with Gasteiger partial charge in [-0.15, -0.1) is 0 Å². The molecule has 0 amide bonds. The topological polar surface area (TPSA) is 139 Å². The van der Waals surface area contributed by atoms with Crippen LogP contribution < -0.4 is 0 Å². The predicted molar refractivity (Wildman–Crippen MR) is 42.7 cm³/mol. The molecule has 5 atom stereocenters. The highest BCUT2D eigenvalue weighted by molar-refractivity contribution is 4.93. The van der Waals surface area contributed by atoms with E-state index in [0.717, 1.165) is 0 Å². The fourth-order valence-electron chi connectivity index (χ4n) is 1.25. The first-order chi connectivity index (χ1) is 6.42. The maximum Gasteiger partial charge on any atom is 0.276 e. The second kappa shape index (κ2) is 3.70. The maximum atomic E-state index is 9.43. The number of aliphatic hydroxyl groups is 4. The first-order valence-electron chi connectivity index (χ1n) is 3.93. The summed E-state index contributed by atoms with van der Waals surface area (Å²) in [6, 6.07) is 0. The summed E-state index contributed by atoms with van der Waals surface area (Å²) in [7, 11) is 0. The Hall–Kier alpha value is -0.890. The Kier molecular flexibility index (Phi) is 2.95. The maximum absolute atomic E-state index is 9.43. The summed E-state index contributed by atoms with van der Waals surface area (Å²) in [6.07, 6.45) is -5.82. The molecular weight excluding hydrogens is 194 g/mol. The van der Waals surface area contributed by atoms with Crippen LogP contribution in [-0.4, -0.2) is 50.8 Å². The highest BCUT2D eigenvalue weighted by atomic mass is 16.7. The average molecular weight is 205 g/mol. The lowest BCUT2D eigenvalue weighted by Gasteiger charge is -2.42. The number of aliphatic hydroxyl groups excluding tert-OH is 3. The van der Waals surface area contributed by atoms with Gasteiger partial charge in [0.05, 0.1) is 6.10 Å². The molecule has 0 bridgehead atoms. The zero-order valence-corrected chi connectivity index (χ0v) is 7.35. The van der Waals surface area contributed by atoms with E-state index in [0.29, 0.717) is 0 Å². The van der Waals surface area contributed by atoms with Crippen molar-refractivity contribution in [3.05, 3.63) is 10.4 Å². The molecule has 1 aliphatic heterocycles. The van der Waals surface area contributed by atoms with E-state index in [2.05, 4.69) is 14.8 Å². The molecule has 0 aromatic heterocycles. The van der Waals surface area contributed by atoms with Gasteiger partial charge in [-0.3, -0.25) is 0 Å². The van der Waals surface area contributed by atoms with Crippen molar-refractivity contribution < 1.29 is 25.2 Å². The number of hydrogen-bond acceptors (Lipinski definition) is 6. The van der Waals surface area contributed by atoms with E-state index in [-0.39, 0.29) is 0 Å². The van der Waals surface area contributed by atoms with Gasteiger partial charge in [0.15, 0.2) is 0 Å². The molecule has 8 nitrogen and oxygen atoms in total. The first kappa shape index (κ1) is 11.2. The Morgan fingerprint density at radius 1 is 1.36 bits per heavy atom. The summed E-state index contributed by atoms with van der Waals surface area (Å²) in [5, 5.41) is 40.0. The van der Waals surface area contributed by atoms with Gasteiger partial charge in [0, 0.05) is 4.91 Å². The van der Waals surface area contributed by atoms with Gasteiger partial charge in [-0.25, -0.2) is 0 Å². The van der Waals surface area contributed by atoms with Crippen LogP contribution in [0.2, 0.25) is 0 Å². The van der Waals surface area contributed by atoms with E-state index in [1.54, 1.807) is 0 Å². The minimum absolute atomic E-state index is 0.955. The molecule has 0 unspecified atom stereocenters. The summed E-state index contributed by atoms with van der Waals surface area (Å²) >= 11 is 0. The van der Waals surface area contributed by atoms with Gasteiger partial charge >= 0.3 is 0 Å². The Morgan fingerprint density at radius 2 is 1.93 bits per heavy atom. The van der Waals surface area contributed by atoms with E-state index < -0.39 is 30.3 Å². The standard InChI is InChI=1S/C6H11N3O5/c1-2-3(10)4(11)5(12)6(13,14-2)8-9-7/h2-5,10-13H,1H3/t2-,3+,4+,5-,6+/m0/s1. The molecule has 0 radical (unpaired) electrons. The molecule has 0 aliphatic carbocycles. The van der Waals surface area contributed by atoms with Crippen LogP contribution in [0.1, 0.15) is 6.92 Å². The van der Waals surface area contributed by atoms with E-state index in [1.165, 1.54) is 6.92 Å². The molecule has 1 fully saturated rings. The monoisotopic (exact) mass is 205 g/mol. The van der Waals surface area contributed by atoms with Crippen LogP contribution in [0.15, 0.2) is 5.11 Å². The van der Waals surface area contributed by atoms with Crippen molar-refractivity contribution in [3.8, 4) is 0 Å². The highest BCUT2D eigenvalue weighted by Gasteiger charge is 2.51. The van der Waals surface area contributed by atoms with Gasteiger partial charge in [0.1, 0.15) is 18.3 Å². The van der Waals surface area contributed by atoms with Crippen molar-refractivity contribution in [2.24, 2.45) is 5.11 Å². The molecular formula is C6H11N3O5. The van der Waals surface area contributed by atoms with E-state index in [9.17, 15) is 20.4 Å². The lowest BCUT2D eigenvalue weighted by Crippen LogP contribution is -2.62. The molecule has 8 heteroatoms. The third kappa shape index (κ3) is 1.67. The van der Waals surface area contributed by atoms with Gasteiger partial charge in [0.25, 0.3) is 5.91 Å².